The van der Waals surface area contributed by atoms with E-state index < -0.39 is 18.0 Å². The first-order valence-electron chi connectivity index (χ1n) is 5.29. The molecule has 0 saturated carbocycles. The smallest absolute Gasteiger partial charge is 0.326 e. The van der Waals surface area contributed by atoms with Gasteiger partial charge in [-0.05, 0) is 6.92 Å². The normalized spacial score (nSPS) is 13.8. The van der Waals surface area contributed by atoms with E-state index in [1.165, 1.54) is 14.2 Å². The Bertz CT molecular complexity index is 247. The van der Waals surface area contributed by atoms with Crippen LogP contribution in [-0.4, -0.2) is 56.6 Å². The standard InChI is InChI=1S/C10H20N2O5/c1-7(6-17-3)11-10(15)12-8(9(13)14)4-5-16-2/h7-8H,4-6H2,1-3H3,(H,13,14)(H2,11,12,15). The van der Waals surface area contributed by atoms with Crippen molar-refractivity contribution in [3.8, 4) is 0 Å². The second-order valence-electron chi connectivity index (χ2n) is 3.65. The van der Waals surface area contributed by atoms with E-state index in [4.69, 9.17) is 14.6 Å². The lowest BCUT2D eigenvalue weighted by atomic mass is 10.2. The molecule has 0 bridgehead atoms. The van der Waals surface area contributed by atoms with Crippen LogP contribution in [0.5, 0.6) is 0 Å². The monoisotopic (exact) mass is 248 g/mol. The average molecular weight is 248 g/mol. The SMILES string of the molecule is COCCC(NC(=O)NC(C)COC)C(=O)O. The molecule has 0 aromatic carbocycles. The number of amides is 2. The van der Waals surface area contributed by atoms with Gasteiger partial charge in [0.2, 0.25) is 0 Å². The zero-order valence-electron chi connectivity index (χ0n) is 10.4. The first-order valence-corrected chi connectivity index (χ1v) is 5.29. The van der Waals surface area contributed by atoms with E-state index in [1.54, 1.807) is 6.92 Å². The molecule has 0 aliphatic heterocycles. The second kappa shape index (κ2) is 8.77. The fraction of sp³-hybridized carbons (Fsp3) is 0.800. The van der Waals surface area contributed by atoms with Crippen molar-refractivity contribution >= 4 is 12.0 Å². The average Bonchev–Trinajstić information content (AvgIpc) is 2.23. The Labute approximate surface area is 100 Å². The number of hydrogen-bond donors (Lipinski definition) is 3. The molecule has 0 aromatic rings. The molecule has 2 atom stereocenters. The summed E-state index contributed by atoms with van der Waals surface area (Å²) in [4.78, 5) is 22.3. The van der Waals surface area contributed by atoms with E-state index in [-0.39, 0.29) is 19.1 Å². The first kappa shape index (κ1) is 15.7. The first-order chi connectivity index (χ1) is 8.01. The fourth-order valence-electron chi connectivity index (χ4n) is 1.21. The molecule has 0 heterocycles. The van der Waals surface area contributed by atoms with Crippen LogP contribution in [0.25, 0.3) is 0 Å². The maximum Gasteiger partial charge on any atom is 0.326 e. The van der Waals surface area contributed by atoms with Crippen LogP contribution >= 0.6 is 0 Å². The third-order valence-corrected chi connectivity index (χ3v) is 2.01. The summed E-state index contributed by atoms with van der Waals surface area (Å²) in [5, 5.41) is 13.8. The van der Waals surface area contributed by atoms with Crippen LogP contribution in [0.15, 0.2) is 0 Å². The molecule has 7 nitrogen and oxygen atoms in total. The van der Waals surface area contributed by atoms with Crippen molar-refractivity contribution in [1.29, 1.82) is 0 Å². The lowest BCUT2D eigenvalue weighted by Gasteiger charge is -2.17. The highest BCUT2D eigenvalue weighted by molar-refractivity contribution is 5.82. The molecule has 0 aliphatic carbocycles. The molecule has 0 aliphatic rings. The lowest BCUT2D eigenvalue weighted by Crippen LogP contribution is -2.49. The summed E-state index contributed by atoms with van der Waals surface area (Å²) in [6, 6.07) is -1.67. The Morgan fingerprint density at radius 2 is 1.88 bits per heavy atom. The van der Waals surface area contributed by atoms with Gasteiger partial charge in [-0.25, -0.2) is 9.59 Å². The molecule has 0 aromatic heterocycles. The molecule has 0 fully saturated rings. The van der Waals surface area contributed by atoms with E-state index in [1.807, 2.05) is 0 Å². The van der Waals surface area contributed by atoms with Gasteiger partial charge in [-0.3, -0.25) is 0 Å². The molecule has 7 heteroatoms. The fourth-order valence-corrected chi connectivity index (χ4v) is 1.21. The summed E-state index contributed by atoms with van der Waals surface area (Å²) in [7, 11) is 2.99. The van der Waals surface area contributed by atoms with Crippen molar-refractivity contribution in [1.82, 2.24) is 10.6 Å². The number of hydrogen-bond acceptors (Lipinski definition) is 4. The highest BCUT2D eigenvalue weighted by Crippen LogP contribution is 1.93. The highest BCUT2D eigenvalue weighted by Gasteiger charge is 2.20. The molecule has 17 heavy (non-hydrogen) atoms. The van der Waals surface area contributed by atoms with E-state index in [0.29, 0.717) is 6.61 Å². The van der Waals surface area contributed by atoms with Gasteiger partial charge in [0, 0.05) is 27.2 Å². The molecule has 2 amide bonds. The number of carbonyl (C=O) groups is 2. The zero-order valence-corrected chi connectivity index (χ0v) is 10.4. The summed E-state index contributed by atoms with van der Waals surface area (Å²) in [5.41, 5.74) is 0. The van der Waals surface area contributed by atoms with Gasteiger partial charge in [-0.1, -0.05) is 0 Å². The van der Waals surface area contributed by atoms with Crippen LogP contribution in [0, 0.1) is 0 Å². The Hall–Kier alpha value is -1.34. The molecule has 0 saturated heterocycles. The van der Waals surface area contributed by atoms with Crippen molar-refractivity contribution in [2.24, 2.45) is 0 Å². The van der Waals surface area contributed by atoms with Gasteiger partial charge in [-0.15, -0.1) is 0 Å². The molecule has 0 radical (unpaired) electrons. The van der Waals surface area contributed by atoms with Gasteiger partial charge in [0.05, 0.1) is 12.6 Å². The second-order valence-corrected chi connectivity index (χ2v) is 3.65. The number of carboxylic acids is 1. The van der Waals surface area contributed by atoms with E-state index in [0.717, 1.165) is 0 Å². The van der Waals surface area contributed by atoms with Gasteiger partial charge < -0.3 is 25.2 Å². The summed E-state index contributed by atoms with van der Waals surface area (Å²) in [6.07, 6.45) is 0.220. The molecular weight excluding hydrogens is 228 g/mol. The number of nitrogens with one attached hydrogen (secondary N) is 2. The van der Waals surface area contributed by atoms with Crippen LogP contribution in [0.2, 0.25) is 0 Å². The number of ether oxygens (including phenoxy) is 2. The Kier molecular flexibility index (Phi) is 8.08. The summed E-state index contributed by atoms with van der Waals surface area (Å²) >= 11 is 0. The molecule has 0 rings (SSSR count). The summed E-state index contributed by atoms with van der Waals surface area (Å²) < 4.78 is 9.61. The maximum atomic E-state index is 11.4. The molecule has 0 spiro atoms. The van der Waals surface area contributed by atoms with Crippen LogP contribution in [0.4, 0.5) is 4.79 Å². The lowest BCUT2D eigenvalue weighted by molar-refractivity contribution is -0.139. The van der Waals surface area contributed by atoms with Crippen molar-refractivity contribution in [2.45, 2.75) is 25.4 Å². The van der Waals surface area contributed by atoms with E-state index in [9.17, 15) is 9.59 Å². The Morgan fingerprint density at radius 1 is 1.24 bits per heavy atom. The molecule has 3 N–H and O–H groups in total. The minimum atomic E-state index is -1.09. The van der Waals surface area contributed by atoms with Gasteiger partial charge in [-0.2, -0.15) is 0 Å². The zero-order chi connectivity index (χ0) is 13.3. The number of carboxylic acid groups (broad SMARTS) is 1. The summed E-state index contributed by atoms with van der Waals surface area (Å²) in [5.74, 6) is -1.09. The minimum Gasteiger partial charge on any atom is -0.480 e. The highest BCUT2D eigenvalue weighted by atomic mass is 16.5. The molecular formula is C10H20N2O5. The largest absolute Gasteiger partial charge is 0.480 e. The maximum absolute atomic E-state index is 11.4. The Balaban J connectivity index is 4.07. The number of rotatable bonds is 8. The minimum absolute atomic E-state index is 0.183. The molecule has 2 unspecified atom stereocenters. The summed E-state index contributed by atoms with van der Waals surface area (Å²) in [6.45, 7) is 2.39. The van der Waals surface area contributed by atoms with Crippen molar-refractivity contribution in [3.63, 3.8) is 0 Å². The third kappa shape index (κ3) is 7.53. The van der Waals surface area contributed by atoms with Crippen LogP contribution in [0.1, 0.15) is 13.3 Å². The van der Waals surface area contributed by atoms with Crippen LogP contribution in [0.3, 0.4) is 0 Å². The van der Waals surface area contributed by atoms with Gasteiger partial charge in [0.15, 0.2) is 0 Å². The Morgan fingerprint density at radius 3 is 2.35 bits per heavy atom. The van der Waals surface area contributed by atoms with Crippen LogP contribution < -0.4 is 10.6 Å². The predicted octanol–water partition coefficient (Wildman–Crippen LogP) is -0.190. The topological polar surface area (TPSA) is 96.9 Å². The van der Waals surface area contributed by atoms with E-state index in [2.05, 4.69) is 10.6 Å². The van der Waals surface area contributed by atoms with Crippen molar-refractivity contribution in [2.75, 3.05) is 27.4 Å². The number of urea groups is 1. The number of methoxy groups -OCH3 is 2. The van der Waals surface area contributed by atoms with Gasteiger partial charge in [0.25, 0.3) is 0 Å². The van der Waals surface area contributed by atoms with Crippen molar-refractivity contribution in [3.05, 3.63) is 0 Å². The van der Waals surface area contributed by atoms with Gasteiger partial charge in [0.1, 0.15) is 6.04 Å². The van der Waals surface area contributed by atoms with Gasteiger partial charge >= 0.3 is 12.0 Å². The third-order valence-electron chi connectivity index (χ3n) is 2.01. The van der Waals surface area contributed by atoms with Crippen molar-refractivity contribution < 1.29 is 24.2 Å². The molecule has 100 valence electrons. The number of aliphatic carboxylic acids is 1. The van der Waals surface area contributed by atoms with Crippen LogP contribution in [-0.2, 0) is 14.3 Å². The van der Waals surface area contributed by atoms with E-state index >= 15 is 0 Å². The predicted molar refractivity (Wildman–Crippen MR) is 60.9 cm³/mol. The quantitative estimate of drug-likeness (QED) is 0.553. The number of carbonyl (C=O) groups excluding carboxylic acids is 1.